The number of carboxylic acid groups (broad SMARTS) is 1. The van der Waals surface area contributed by atoms with Crippen molar-refractivity contribution in [2.45, 2.75) is 32.7 Å². The van der Waals surface area contributed by atoms with Gasteiger partial charge in [0.15, 0.2) is 0 Å². The Kier molecular flexibility index (Phi) is 4.71. The van der Waals surface area contributed by atoms with E-state index in [4.69, 9.17) is 5.11 Å². The first-order valence-electron chi connectivity index (χ1n) is 5.81. The summed E-state index contributed by atoms with van der Waals surface area (Å²) in [6.07, 6.45) is 0. The minimum atomic E-state index is -1.07. The van der Waals surface area contributed by atoms with Gasteiger partial charge in [0.2, 0.25) is 0 Å². The summed E-state index contributed by atoms with van der Waals surface area (Å²) in [6, 6.07) is 6.01. The van der Waals surface area contributed by atoms with Crippen LogP contribution in [0.4, 0.5) is 10.5 Å². The summed E-state index contributed by atoms with van der Waals surface area (Å²) >= 11 is 0. The van der Waals surface area contributed by atoms with Crippen molar-refractivity contribution < 1.29 is 14.7 Å². The molecule has 0 fully saturated rings. The largest absolute Gasteiger partial charge is 0.480 e. The van der Waals surface area contributed by atoms with Crippen molar-refractivity contribution in [1.29, 1.82) is 0 Å². The Hall–Kier alpha value is -2.04. The Morgan fingerprint density at radius 3 is 2.33 bits per heavy atom. The SMILES string of the molecule is CC(C)c1ccccc1NC(=O)N[C@H](C)C(=O)O. The molecule has 0 unspecified atom stereocenters. The number of aliphatic carboxylic acids is 1. The number of benzene rings is 1. The van der Waals surface area contributed by atoms with Crippen molar-refractivity contribution in [1.82, 2.24) is 5.32 Å². The number of urea groups is 1. The Bertz CT molecular complexity index is 444. The molecule has 0 bridgehead atoms. The molecule has 1 aromatic rings. The maximum Gasteiger partial charge on any atom is 0.325 e. The highest BCUT2D eigenvalue weighted by Gasteiger charge is 2.15. The van der Waals surface area contributed by atoms with Crippen molar-refractivity contribution in [3.63, 3.8) is 0 Å². The van der Waals surface area contributed by atoms with Crippen molar-refractivity contribution in [3.8, 4) is 0 Å². The molecule has 1 aromatic carbocycles. The lowest BCUT2D eigenvalue weighted by molar-refractivity contribution is -0.138. The summed E-state index contributed by atoms with van der Waals surface area (Å²) in [5.41, 5.74) is 1.71. The van der Waals surface area contributed by atoms with Gasteiger partial charge in [0.1, 0.15) is 6.04 Å². The first-order valence-corrected chi connectivity index (χ1v) is 5.81. The van der Waals surface area contributed by atoms with E-state index >= 15 is 0 Å². The Labute approximate surface area is 106 Å². The maximum absolute atomic E-state index is 11.6. The number of hydrogen-bond acceptors (Lipinski definition) is 2. The van der Waals surface area contributed by atoms with Gasteiger partial charge in [0.05, 0.1) is 0 Å². The highest BCUT2D eigenvalue weighted by Crippen LogP contribution is 2.23. The third kappa shape index (κ3) is 3.76. The van der Waals surface area contributed by atoms with Gasteiger partial charge < -0.3 is 15.7 Å². The molecule has 0 aliphatic heterocycles. The zero-order chi connectivity index (χ0) is 13.7. The van der Waals surface area contributed by atoms with E-state index in [1.165, 1.54) is 6.92 Å². The fourth-order valence-corrected chi connectivity index (χ4v) is 1.53. The molecule has 5 nitrogen and oxygen atoms in total. The molecule has 18 heavy (non-hydrogen) atoms. The minimum absolute atomic E-state index is 0.276. The average Bonchev–Trinajstić information content (AvgIpc) is 2.28. The van der Waals surface area contributed by atoms with Crippen molar-refractivity contribution >= 4 is 17.7 Å². The minimum Gasteiger partial charge on any atom is -0.480 e. The lowest BCUT2D eigenvalue weighted by Gasteiger charge is -2.15. The lowest BCUT2D eigenvalue weighted by Crippen LogP contribution is -2.41. The third-order valence-electron chi connectivity index (χ3n) is 2.55. The van der Waals surface area contributed by atoms with E-state index in [2.05, 4.69) is 10.6 Å². The molecule has 0 spiro atoms. The molecule has 98 valence electrons. The standard InChI is InChI=1S/C13H18N2O3/c1-8(2)10-6-4-5-7-11(10)15-13(18)14-9(3)12(16)17/h4-9H,1-3H3,(H,16,17)(H2,14,15,18)/t9-/m1/s1. The number of amides is 2. The molecule has 0 aromatic heterocycles. The number of carboxylic acids is 1. The van der Waals surface area contributed by atoms with E-state index in [1.807, 2.05) is 32.0 Å². The summed E-state index contributed by atoms with van der Waals surface area (Å²) in [5.74, 6) is -0.791. The fraction of sp³-hybridized carbons (Fsp3) is 0.385. The van der Waals surface area contributed by atoms with E-state index in [0.717, 1.165) is 5.56 Å². The molecule has 2 amide bonds. The van der Waals surface area contributed by atoms with Gasteiger partial charge in [-0.2, -0.15) is 0 Å². The van der Waals surface area contributed by atoms with E-state index in [0.29, 0.717) is 5.69 Å². The predicted octanol–water partition coefficient (Wildman–Crippen LogP) is 2.40. The number of carbonyl (C=O) groups is 2. The van der Waals surface area contributed by atoms with Crippen LogP contribution >= 0.6 is 0 Å². The molecule has 0 radical (unpaired) electrons. The van der Waals surface area contributed by atoms with E-state index in [-0.39, 0.29) is 5.92 Å². The number of rotatable bonds is 4. The molecule has 3 N–H and O–H groups in total. The number of nitrogens with one attached hydrogen (secondary N) is 2. The van der Waals surface area contributed by atoms with Gasteiger partial charge in [-0.1, -0.05) is 32.0 Å². The second-order valence-corrected chi connectivity index (χ2v) is 4.40. The van der Waals surface area contributed by atoms with Crippen LogP contribution in [0.25, 0.3) is 0 Å². The molecule has 0 aliphatic carbocycles. The molecular formula is C13H18N2O3. The Morgan fingerprint density at radius 1 is 1.17 bits per heavy atom. The Morgan fingerprint density at radius 2 is 1.78 bits per heavy atom. The van der Waals surface area contributed by atoms with Gasteiger partial charge in [-0.3, -0.25) is 4.79 Å². The van der Waals surface area contributed by atoms with Crippen molar-refractivity contribution in [3.05, 3.63) is 29.8 Å². The van der Waals surface area contributed by atoms with E-state index in [9.17, 15) is 9.59 Å². The normalized spacial score (nSPS) is 12.0. The van der Waals surface area contributed by atoms with Crippen LogP contribution in [0.2, 0.25) is 0 Å². The summed E-state index contributed by atoms with van der Waals surface area (Å²) in [5, 5.41) is 13.7. The van der Waals surface area contributed by atoms with Crippen LogP contribution in [0.5, 0.6) is 0 Å². The second-order valence-electron chi connectivity index (χ2n) is 4.40. The maximum atomic E-state index is 11.6. The van der Waals surface area contributed by atoms with Crippen molar-refractivity contribution in [2.75, 3.05) is 5.32 Å². The van der Waals surface area contributed by atoms with E-state index < -0.39 is 18.0 Å². The molecule has 0 aliphatic rings. The average molecular weight is 250 g/mol. The number of para-hydroxylation sites is 1. The van der Waals surface area contributed by atoms with Crippen LogP contribution in [0.3, 0.4) is 0 Å². The zero-order valence-electron chi connectivity index (χ0n) is 10.7. The van der Waals surface area contributed by atoms with Gasteiger partial charge >= 0.3 is 12.0 Å². The second kappa shape index (κ2) is 6.05. The lowest BCUT2D eigenvalue weighted by atomic mass is 10.0. The summed E-state index contributed by atoms with van der Waals surface area (Å²) in [4.78, 5) is 22.2. The summed E-state index contributed by atoms with van der Waals surface area (Å²) in [6.45, 7) is 5.47. The zero-order valence-corrected chi connectivity index (χ0v) is 10.7. The Balaban J connectivity index is 2.73. The van der Waals surface area contributed by atoms with Gasteiger partial charge in [-0.25, -0.2) is 4.79 Å². The van der Waals surface area contributed by atoms with Crippen LogP contribution in [0.15, 0.2) is 24.3 Å². The van der Waals surface area contributed by atoms with E-state index in [1.54, 1.807) is 6.07 Å². The molecule has 0 saturated heterocycles. The van der Waals surface area contributed by atoms with Gasteiger partial charge in [-0.05, 0) is 24.5 Å². The quantitative estimate of drug-likeness (QED) is 0.767. The number of carbonyl (C=O) groups excluding carboxylic acids is 1. The van der Waals surface area contributed by atoms with Crippen LogP contribution in [-0.2, 0) is 4.79 Å². The molecular weight excluding hydrogens is 232 g/mol. The van der Waals surface area contributed by atoms with Gasteiger partial charge in [-0.15, -0.1) is 0 Å². The van der Waals surface area contributed by atoms with Crippen LogP contribution in [-0.4, -0.2) is 23.1 Å². The summed E-state index contributed by atoms with van der Waals surface area (Å²) < 4.78 is 0. The monoisotopic (exact) mass is 250 g/mol. The number of hydrogen-bond donors (Lipinski definition) is 3. The smallest absolute Gasteiger partial charge is 0.325 e. The van der Waals surface area contributed by atoms with Gasteiger partial charge in [0, 0.05) is 5.69 Å². The first kappa shape index (κ1) is 14.0. The number of anilines is 1. The molecule has 0 heterocycles. The fourth-order valence-electron chi connectivity index (χ4n) is 1.53. The van der Waals surface area contributed by atoms with Gasteiger partial charge in [0.25, 0.3) is 0 Å². The molecule has 0 saturated carbocycles. The highest BCUT2D eigenvalue weighted by molar-refractivity contribution is 5.92. The molecule has 1 atom stereocenters. The molecule has 5 heteroatoms. The van der Waals surface area contributed by atoms with Crippen molar-refractivity contribution in [2.24, 2.45) is 0 Å². The highest BCUT2D eigenvalue weighted by atomic mass is 16.4. The third-order valence-corrected chi connectivity index (χ3v) is 2.55. The van der Waals surface area contributed by atoms with Crippen LogP contribution < -0.4 is 10.6 Å². The molecule has 1 rings (SSSR count). The topological polar surface area (TPSA) is 78.4 Å². The first-order chi connectivity index (χ1) is 8.41. The van der Waals surface area contributed by atoms with Crippen LogP contribution in [0, 0.1) is 0 Å². The van der Waals surface area contributed by atoms with Crippen LogP contribution in [0.1, 0.15) is 32.3 Å². The summed E-state index contributed by atoms with van der Waals surface area (Å²) in [7, 11) is 0. The predicted molar refractivity (Wildman–Crippen MR) is 69.8 cm³/mol.